The number of aryl methyl sites for hydroxylation is 1. The van der Waals surface area contributed by atoms with Crippen LogP contribution in [0.5, 0.6) is 0 Å². The molecule has 3 rings (SSSR count). The Balaban J connectivity index is 1.72. The van der Waals surface area contributed by atoms with Crippen molar-refractivity contribution in [2.24, 2.45) is 0 Å². The number of carbonyl (C=O) groups is 2. The first-order valence-corrected chi connectivity index (χ1v) is 9.99. The van der Waals surface area contributed by atoms with Gasteiger partial charge in [0.15, 0.2) is 0 Å². The van der Waals surface area contributed by atoms with E-state index in [1.165, 1.54) is 5.56 Å². The average Bonchev–Trinajstić information content (AvgIpc) is 2.72. The highest BCUT2D eigenvalue weighted by Gasteiger charge is 2.21. The maximum Gasteiger partial charge on any atom is 0.254 e. The van der Waals surface area contributed by atoms with Gasteiger partial charge in [-0.2, -0.15) is 0 Å². The monoisotopic (exact) mass is 399 g/mol. The fourth-order valence-electron chi connectivity index (χ4n) is 3.27. The lowest BCUT2D eigenvalue weighted by atomic mass is 10.1. The molecule has 1 heterocycles. The van der Waals surface area contributed by atoms with Crippen molar-refractivity contribution in [3.05, 3.63) is 70.2 Å². The Kier molecular flexibility index (Phi) is 7.06. The molecule has 0 bridgehead atoms. The molecule has 1 aliphatic rings. The Morgan fingerprint density at radius 1 is 1.11 bits per heavy atom. The first kappa shape index (κ1) is 20.4. The van der Waals surface area contributed by atoms with Gasteiger partial charge in [-0.15, -0.1) is 0 Å². The predicted octanol–water partition coefficient (Wildman–Crippen LogP) is 3.11. The van der Waals surface area contributed by atoms with Gasteiger partial charge in [0.1, 0.15) is 0 Å². The number of carbonyl (C=O) groups excluding carboxylic acids is 2. The van der Waals surface area contributed by atoms with Gasteiger partial charge in [0.25, 0.3) is 5.91 Å². The Bertz CT molecular complexity index is 817. The topological polar surface area (TPSA) is 52.7 Å². The summed E-state index contributed by atoms with van der Waals surface area (Å²) in [5.74, 6) is -0.0227. The smallest absolute Gasteiger partial charge is 0.254 e. The molecule has 0 atom stereocenters. The van der Waals surface area contributed by atoms with E-state index in [2.05, 4.69) is 5.32 Å². The van der Waals surface area contributed by atoms with Gasteiger partial charge < -0.3 is 15.1 Å². The summed E-state index contributed by atoms with van der Waals surface area (Å²) < 4.78 is 0. The number of halogens is 1. The summed E-state index contributed by atoms with van der Waals surface area (Å²) >= 11 is 6.06. The van der Waals surface area contributed by atoms with E-state index in [4.69, 9.17) is 11.6 Å². The third-order valence-corrected chi connectivity index (χ3v) is 5.15. The number of rotatable bonds is 6. The lowest BCUT2D eigenvalue weighted by Crippen LogP contribution is -2.47. The molecule has 1 fully saturated rings. The van der Waals surface area contributed by atoms with Crippen molar-refractivity contribution in [1.82, 2.24) is 15.1 Å². The molecule has 2 aromatic carbocycles. The molecule has 0 saturated carbocycles. The molecule has 0 aromatic heterocycles. The van der Waals surface area contributed by atoms with Gasteiger partial charge in [-0.25, -0.2) is 0 Å². The molecule has 6 heteroatoms. The number of nitrogens with one attached hydrogen (secondary N) is 1. The third-order valence-electron chi connectivity index (χ3n) is 4.92. The number of piperazine rings is 1. The van der Waals surface area contributed by atoms with E-state index in [1.54, 1.807) is 29.2 Å². The summed E-state index contributed by atoms with van der Waals surface area (Å²) in [6.45, 7) is 5.95. The van der Waals surface area contributed by atoms with Gasteiger partial charge in [0.2, 0.25) is 5.91 Å². The summed E-state index contributed by atoms with van der Waals surface area (Å²) in [5.41, 5.74) is 2.75. The van der Waals surface area contributed by atoms with Crippen molar-refractivity contribution >= 4 is 23.4 Å². The Morgan fingerprint density at radius 3 is 2.50 bits per heavy atom. The van der Waals surface area contributed by atoms with Crippen LogP contribution in [-0.2, 0) is 11.3 Å². The molecule has 5 nitrogen and oxygen atoms in total. The zero-order valence-electron chi connectivity index (χ0n) is 16.2. The molecule has 1 N–H and O–H groups in total. The summed E-state index contributed by atoms with van der Waals surface area (Å²) in [7, 11) is 0. The van der Waals surface area contributed by atoms with Crippen LogP contribution < -0.4 is 5.32 Å². The number of amides is 2. The molecule has 0 spiro atoms. The second kappa shape index (κ2) is 9.71. The first-order chi connectivity index (χ1) is 13.5. The van der Waals surface area contributed by atoms with Crippen LogP contribution in [0.3, 0.4) is 0 Å². The molecule has 1 saturated heterocycles. The first-order valence-electron chi connectivity index (χ1n) is 9.62. The SMILES string of the molecule is Cc1ccc(CN(CCC(=O)N2CCNCC2)C(=O)c2cccc(Cl)c2)cc1. The maximum absolute atomic E-state index is 13.1. The van der Waals surface area contributed by atoms with E-state index >= 15 is 0 Å². The quantitative estimate of drug-likeness (QED) is 0.812. The van der Waals surface area contributed by atoms with Crippen molar-refractivity contribution in [1.29, 1.82) is 0 Å². The van der Waals surface area contributed by atoms with Gasteiger partial charge in [-0.05, 0) is 30.7 Å². The minimum Gasteiger partial charge on any atom is -0.340 e. The van der Waals surface area contributed by atoms with E-state index in [0.717, 1.165) is 31.7 Å². The number of nitrogens with zero attached hydrogens (tertiary/aromatic N) is 2. The van der Waals surface area contributed by atoms with Gasteiger partial charge >= 0.3 is 0 Å². The minimum absolute atomic E-state index is 0.0919. The van der Waals surface area contributed by atoms with E-state index in [-0.39, 0.29) is 11.8 Å². The zero-order valence-corrected chi connectivity index (χ0v) is 16.9. The maximum atomic E-state index is 13.1. The van der Waals surface area contributed by atoms with Crippen molar-refractivity contribution in [3.8, 4) is 0 Å². The standard InChI is InChI=1S/C22H26ClN3O2/c1-17-5-7-18(8-6-17)16-26(22(28)19-3-2-4-20(23)15-19)12-9-21(27)25-13-10-24-11-14-25/h2-8,15,24H,9-14,16H2,1H3. The van der Waals surface area contributed by atoms with Gasteiger partial charge in [0, 0.05) is 56.3 Å². The summed E-state index contributed by atoms with van der Waals surface area (Å²) in [5, 5.41) is 3.77. The van der Waals surface area contributed by atoms with Crippen LogP contribution in [0.2, 0.25) is 5.02 Å². The molecule has 2 amide bonds. The Hall–Kier alpha value is -2.37. The molecule has 1 aliphatic heterocycles. The second-order valence-corrected chi connectivity index (χ2v) is 7.54. The molecule has 148 valence electrons. The van der Waals surface area contributed by atoms with Crippen LogP contribution in [0.25, 0.3) is 0 Å². The molecule has 28 heavy (non-hydrogen) atoms. The predicted molar refractivity (Wildman–Crippen MR) is 111 cm³/mol. The molecule has 0 unspecified atom stereocenters. The Labute approximate surface area is 171 Å². The van der Waals surface area contributed by atoms with Crippen LogP contribution in [0.15, 0.2) is 48.5 Å². The summed E-state index contributed by atoms with van der Waals surface area (Å²) in [4.78, 5) is 29.2. The molecule has 0 radical (unpaired) electrons. The van der Waals surface area contributed by atoms with E-state index in [9.17, 15) is 9.59 Å². The van der Waals surface area contributed by atoms with Crippen LogP contribution >= 0.6 is 11.6 Å². The van der Waals surface area contributed by atoms with Gasteiger partial charge in [-0.3, -0.25) is 9.59 Å². The highest BCUT2D eigenvalue weighted by molar-refractivity contribution is 6.30. The fourth-order valence-corrected chi connectivity index (χ4v) is 3.46. The van der Waals surface area contributed by atoms with Crippen LogP contribution in [-0.4, -0.2) is 54.3 Å². The highest BCUT2D eigenvalue weighted by Crippen LogP contribution is 2.16. The van der Waals surface area contributed by atoms with Crippen molar-refractivity contribution in [2.75, 3.05) is 32.7 Å². The number of hydrogen-bond donors (Lipinski definition) is 1. The molecule has 0 aliphatic carbocycles. The number of hydrogen-bond acceptors (Lipinski definition) is 3. The van der Waals surface area contributed by atoms with Crippen LogP contribution in [0, 0.1) is 6.92 Å². The second-order valence-electron chi connectivity index (χ2n) is 7.10. The lowest BCUT2D eigenvalue weighted by molar-refractivity contribution is -0.132. The van der Waals surface area contributed by atoms with Gasteiger partial charge in [-0.1, -0.05) is 47.5 Å². The fraction of sp³-hybridized carbons (Fsp3) is 0.364. The van der Waals surface area contributed by atoms with E-state index in [0.29, 0.717) is 30.1 Å². The van der Waals surface area contributed by atoms with Crippen molar-refractivity contribution < 1.29 is 9.59 Å². The van der Waals surface area contributed by atoms with Crippen molar-refractivity contribution in [2.45, 2.75) is 19.9 Å². The Morgan fingerprint density at radius 2 is 1.82 bits per heavy atom. The lowest BCUT2D eigenvalue weighted by Gasteiger charge is -2.29. The summed E-state index contributed by atoms with van der Waals surface area (Å²) in [6.07, 6.45) is 0.318. The third kappa shape index (κ3) is 5.57. The van der Waals surface area contributed by atoms with Gasteiger partial charge in [0.05, 0.1) is 0 Å². The van der Waals surface area contributed by atoms with Crippen LogP contribution in [0.4, 0.5) is 0 Å². The average molecular weight is 400 g/mol. The van der Waals surface area contributed by atoms with E-state index < -0.39 is 0 Å². The molecule has 2 aromatic rings. The highest BCUT2D eigenvalue weighted by atomic mass is 35.5. The molecular formula is C22H26ClN3O2. The number of benzene rings is 2. The van der Waals surface area contributed by atoms with E-state index in [1.807, 2.05) is 36.1 Å². The zero-order chi connectivity index (χ0) is 19.9. The van der Waals surface area contributed by atoms with Crippen molar-refractivity contribution in [3.63, 3.8) is 0 Å². The minimum atomic E-state index is -0.115. The summed E-state index contributed by atoms with van der Waals surface area (Å²) in [6, 6.07) is 15.0. The largest absolute Gasteiger partial charge is 0.340 e. The van der Waals surface area contributed by atoms with Crippen LogP contribution in [0.1, 0.15) is 27.9 Å². The molecular weight excluding hydrogens is 374 g/mol. The normalized spacial score (nSPS) is 14.0.